The molecule has 1 aliphatic rings. The van der Waals surface area contributed by atoms with Crippen molar-refractivity contribution in [2.24, 2.45) is 5.41 Å². The van der Waals surface area contributed by atoms with Crippen LogP contribution in [0.2, 0.25) is 0 Å². The Morgan fingerprint density at radius 2 is 2.14 bits per heavy atom. The first-order chi connectivity index (χ1) is 9.97. The first-order valence-electron chi connectivity index (χ1n) is 7.45. The van der Waals surface area contributed by atoms with Crippen LogP contribution in [0.25, 0.3) is 0 Å². The monoisotopic (exact) mass is 306 g/mol. The van der Waals surface area contributed by atoms with E-state index < -0.39 is 0 Å². The van der Waals surface area contributed by atoms with Gasteiger partial charge < -0.3 is 9.15 Å². The van der Waals surface area contributed by atoms with Crippen LogP contribution in [0.1, 0.15) is 62.6 Å². The van der Waals surface area contributed by atoms with Crippen molar-refractivity contribution < 1.29 is 9.15 Å². The van der Waals surface area contributed by atoms with Gasteiger partial charge in [-0.3, -0.25) is 0 Å². The minimum absolute atomic E-state index is 0.0785. The van der Waals surface area contributed by atoms with Gasteiger partial charge in [-0.15, -0.1) is 21.5 Å². The van der Waals surface area contributed by atoms with Crippen LogP contribution in [0.4, 0.5) is 0 Å². The normalized spacial score (nSPS) is 24.4. The molecule has 114 valence electrons. The fourth-order valence-electron chi connectivity index (χ4n) is 2.93. The zero-order chi connectivity index (χ0) is 15.0. The van der Waals surface area contributed by atoms with Gasteiger partial charge >= 0.3 is 0 Å². The molecule has 0 aromatic carbocycles. The van der Waals surface area contributed by atoms with Gasteiger partial charge in [0.25, 0.3) is 0 Å². The van der Waals surface area contributed by atoms with Crippen LogP contribution in [-0.2, 0) is 4.74 Å². The van der Waals surface area contributed by atoms with Crippen LogP contribution >= 0.6 is 11.3 Å². The van der Waals surface area contributed by atoms with Gasteiger partial charge in [-0.2, -0.15) is 0 Å². The second-order valence-electron chi connectivity index (χ2n) is 6.77. The molecule has 0 saturated carbocycles. The second kappa shape index (κ2) is 5.54. The Morgan fingerprint density at radius 1 is 1.33 bits per heavy atom. The number of ether oxygens (including phenoxy) is 1. The van der Waals surface area contributed by atoms with Crippen LogP contribution in [0.5, 0.6) is 0 Å². The molecule has 0 radical (unpaired) electrons. The van der Waals surface area contributed by atoms with E-state index in [-0.39, 0.29) is 23.4 Å². The summed E-state index contributed by atoms with van der Waals surface area (Å²) in [5.41, 5.74) is 0.0785. The lowest BCUT2D eigenvalue weighted by Gasteiger charge is -2.29. The van der Waals surface area contributed by atoms with E-state index in [4.69, 9.17) is 9.15 Å². The Bertz CT molecular complexity index is 586. The lowest BCUT2D eigenvalue weighted by molar-refractivity contribution is 0.0170. The van der Waals surface area contributed by atoms with E-state index in [1.807, 2.05) is 6.07 Å². The highest BCUT2D eigenvalue weighted by Crippen LogP contribution is 2.41. The van der Waals surface area contributed by atoms with Gasteiger partial charge in [0.2, 0.25) is 11.8 Å². The van der Waals surface area contributed by atoms with Crippen molar-refractivity contribution >= 4 is 11.3 Å². The van der Waals surface area contributed by atoms with E-state index in [1.165, 1.54) is 4.88 Å². The van der Waals surface area contributed by atoms with Crippen molar-refractivity contribution in [2.75, 3.05) is 6.61 Å². The first-order valence-corrected chi connectivity index (χ1v) is 8.33. The van der Waals surface area contributed by atoms with Crippen LogP contribution in [0.15, 0.2) is 21.9 Å². The average Bonchev–Trinajstić information content (AvgIpc) is 3.16. The summed E-state index contributed by atoms with van der Waals surface area (Å²) >= 11 is 1.72. The van der Waals surface area contributed by atoms with Crippen molar-refractivity contribution in [1.82, 2.24) is 10.2 Å². The Hall–Kier alpha value is -1.20. The van der Waals surface area contributed by atoms with E-state index in [0.29, 0.717) is 5.89 Å². The van der Waals surface area contributed by atoms with E-state index in [0.717, 1.165) is 18.9 Å². The topological polar surface area (TPSA) is 48.2 Å². The van der Waals surface area contributed by atoms with E-state index in [9.17, 15) is 0 Å². The molecule has 0 bridgehead atoms. The molecule has 3 atom stereocenters. The Morgan fingerprint density at radius 3 is 2.81 bits per heavy atom. The quantitative estimate of drug-likeness (QED) is 0.852. The van der Waals surface area contributed by atoms with Crippen molar-refractivity contribution in [3.05, 3.63) is 34.2 Å². The molecule has 3 heterocycles. The highest BCUT2D eigenvalue weighted by atomic mass is 32.1. The number of nitrogens with zero attached hydrogens (tertiary/aromatic N) is 2. The molecule has 1 unspecified atom stereocenters. The fraction of sp³-hybridized carbons (Fsp3) is 0.625. The molecule has 21 heavy (non-hydrogen) atoms. The Labute approximate surface area is 129 Å². The summed E-state index contributed by atoms with van der Waals surface area (Å²) in [6.45, 7) is 9.46. The standard InChI is InChI=1S/C16H22N2O2S/c1-10(12-6-5-9-21-12)14-17-18-15(20-14)11-7-8-19-13(11)16(2,3)4/h5-6,9-11,13H,7-8H2,1-4H3/t10?,11-,13-/m0/s1. The summed E-state index contributed by atoms with van der Waals surface area (Å²) < 4.78 is 11.9. The van der Waals surface area contributed by atoms with Gasteiger partial charge in [0, 0.05) is 11.5 Å². The highest BCUT2D eigenvalue weighted by molar-refractivity contribution is 7.10. The first kappa shape index (κ1) is 14.7. The third-order valence-corrected chi connectivity index (χ3v) is 5.11. The SMILES string of the molecule is CC(c1nnc([C@H]2CCO[C@@H]2C(C)(C)C)o1)c1cccs1. The lowest BCUT2D eigenvalue weighted by Crippen LogP contribution is -2.30. The van der Waals surface area contributed by atoms with E-state index in [1.54, 1.807) is 11.3 Å². The average molecular weight is 306 g/mol. The number of hydrogen-bond donors (Lipinski definition) is 0. The molecule has 2 aromatic heterocycles. The van der Waals surface area contributed by atoms with Crippen LogP contribution in [0, 0.1) is 5.41 Å². The summed E-state index contributed by atoms with van der Waals surface area (Å²) in [6.07, 6.45) is 1.10. The maximum atomic E-state index is 5.98. The molecule has 1 saturated heterocycles. The van der Waals surface area contributed by atoms with Crippen molar-refractivity contribution in [1.29, 1.82) is 0 Å². The molecular formula is C16H22N2O2S. The van der Waals surface area contributed by atoms with Crippen LogP contribution in [-0.4, -0.2) is 22.9 Å². The molecule has 1 fully saturated rings. The number of rotatable bonds is 3. The van der Waals surface area contributed by atoms with Crippen molar-refractivity contribution in [2.45, 2.75) is 52.1 Å². The Balaban J connectivity index is 1.82. The molecule has 0 amide bonds. The molecule has 1 aliphatic heterocycles. The third kappa shape index (κ3) is 2.90. The molecule has 4 nitrogen and oxygen atoms in total. The summed E-state index contributed by atoms with van der Waals surface area (Å²) in [7, 11) is 0. The van der Waals surface area contributed by atoms with Gasteiger partial charge in [-0.25, -0.2) is 0 Å². The minimum Gasteiger partial charge on any atom is -0.424 e. The van der Waals surface area contributed by atoms with Gasteiger partial charge in [-0.1, -0.05) is 26.8 Å². The number of hydrogen-bond acceptors (Lipinski definition) is 5. The molecule has 2 aromatic rings. The number of thiophene rings is 1. The molecule has 0 N–H and O–H groups in total. The predicted octanol–water partition coefficient (Wildman–Crippen LogP) is 4.20. The fourth-order valence-corrected chi connectivity index (χ4v) is 3.70. The minimum atomic E-state index is 0.0785. The van der Waals surface area contributed by atoms with Crippen LogP contribution in [0.3, 0.4) is 0 Å². The smallest absolute Gasteiger partial charge is 0.224 e. The third-order valence-electron chi connectivity index (χ3n) is 4.06. The van der Waals surface area contributed by atoms with E-state index in [2.05, 4.69) is 49.3 Å². The predicted molar refractivity (Wildman–Crippen MR) is 82.7 cm³/mol. The van der Waals surface area contributed by atoms with Gasteiger partial charge in [0.1, 0.15) is 0 Å². The van der Waals surface area contributed by atoms with Gasteiger partial charge in [0.05, 0.1) is 17.9 Å². The molecular weight excluding hydrogens is 284 g/mol. The molecule has 3 rings (SSSR count). The molecule has 0 spiro atoms. The van der Waals surface area contributed by atoms with Gasteiger partial charge in [0.15, 0.2) is 0 Å². The van der Waals surface area contributed by atoms with Crippen molar-refractivity contribution in [3.63, 3.8) is 0 Å². The maximum absolute atomic E-state index is 5.98. The van der Waals surface area contributed by atoms with Crippen LogP contribution < -0.4 is 0 Å². The zero-order valence-corrected chi connectivity index (χ0v) is 13.8. The molecule has 0 aliphatic carbocycles. The summed E-state index contributed by atoms with van der Waals surface area (Å²) in [5.74, 6) is 1.79. The van der Waals surface area contributed by atoms with E-state index >= 15 is 0 Å². The van der Waals surface area contributed by atoms with Crippen molar-refractivity contribution in [3.8, 4) is 0 Å². The number of aromatic nitrogens is 2. The second-order valence-corrected chi connectivity index (χ2v) is 7.75. The zero-order valence-electron chi connectivity index (χ0n) is 13.0. The summed E-state index contributed by atoms with van der Waals surface area (Å²) in [6, 6.07) is 4.16. The molecule has 5 heteroatoms. The van der Waals surface area contributed by atoms with Gasteiger partial charge in [-0.05, 0) is 30.2 Å². The Kier molecular flexibility index (Phi) is 3.88. The maximum Gasteiger partial charge on any atom is 0.224 e. The summed E-state index contributed by atoms with van der Waals surface area (Å²) in [5, 5.41) is 10.6. The summed E-state index contributed by atoms with van der Waals surface area (Å²) in [4.78, 5) is 1.25. The largest absolute Gasteiger partial charge is 0.424 e. The highest BCUT2D eigenvalue weighted by Gasteiger charge is 2.41. The lowest BCUT2D eigenvalue weighted by atomic mass is 9.81.